The van der Waals surface area contributed by atoms with E-state index in [0.29, 0.717) is 24.7 Å². The van der Waals surface area contributed by atoms with Crippen molar-refractivity contribution in [3.63, 3.8) is 0 Å². The minimum absolute atomic E-state index is 0.0536. The zero-order chi connectivity index (χ0) is 14.8. The normalized spacial score (nSPS) is 18.7. The van der Waals surface area contributed by atoms with Crippen molar-refractivity contribution < 1.29 is 14.1 Å². The van der Waals surface area contributed by atoms with E-state index in [9.17, 15) is 4.79 Å². The van der Waals surface area contributed by atoms with Gasteiger partial charge in [0, 0.05) is 0 Å². The predicted molar refractivity (Wildman–Crippen MR) is 76.4 cm³/mol. The maximum absolute atomic E-state index is 11.6. The molecule has 0 bridgehead atoms. The molecule has 0 fully saturated rings. The Balaban J connectivity index is 1.80. The van der Waals surface area contributed by atoms with Gasteiger partial charge in [0.05, 0.1) is 18.4 Å². The van der Waals surface area contributed by atoms with E-state index in [1.54, 1.807) is 6.92 Å². The zero-order valence-electron chi connectivity index (χ0n) is 12.2. The molecule has 2 atom stereocenters. The van der Waals surface area contributed by atoms with E-state index in [2.05, 4.69) is 10.1 Å². The van der Waals surface area contributed by atoms with Gasteiger partial charge >= 0.3 is 0 Å². The van der Waals surface area contributed by atoms with Gasteiger partial charge in [-0.1, -0.05) is 30.3 Å². The van der Waals surface area contributed by atoms with Crippen molar-refractivity contribution in [3.8, 4) is 5.75 Å². The standard InChI is InChI=1S/C16H18N2O3/c1-3-13(10(2)19)16-17-15(18-21-16)12-8-11-6-4-5-7-14(11)20-9-12/h4-7,12-13H,3,8-9H2,1-2H3. The van der Waals surface area contributed by atoms with Gasteiger partial charge in [0.25, 0.3) is 0 Å². The molecule has 2 heterocycles. The Kier molecular flexibility index (Phi) is 3.73. The van der Waals surface area contributed by atoms with E-state index in [1.807, 2.05) is 31.2 Å². The molecule has 0 saturated heterocycles. The number of carbonyl (C=O) groups is 1. The summed E-state index contributed by atoms with van der Waals surface area (Å²) in [5.74, 6) is 1.79. The lowest BCUT2D eigenvalue weighted by Crippen LogP contribution is -2.20. The molecular formula is C16H18N2O3. The molecule has 0 saturated carbocycles. The second-order valence-electron chi connectivity index (χ2n) is 5.38. The molecule has 3 rings (SSSR count). The number of benzene rings is 1. The summed E-state index contributed by atoms with van der Waals surface area (Å²) in [6, 6.07) is 7.97. The molecule has 0 N–H and O–H groups in total. The van der Waals surface area contributed by atoms with Crippen molar-refractivity contribution >= 4 is 5.78 Å². The van der Waals surface area contributed by atoms with Crippen LogP contribution >= 0.6 is 0 Å². The van der Waals surface area contributed by atoms with Gasteiger partial charge in [0.15, 0.2) is 5.82 Å². The number of nitrogens with zero attached hydrogens (tertiary/aromatic N) is 2. The van der Waals surface area contributed by atoms with E-state index in [1.165, 1.54) is 0 Å². The van der Waals surface area contributed by atoms with Crippen molar-refractivity contribution in [1.82, 2.24) is 10.1 Å². The SMILES string of the molecule is CCC(C(C)=O)c1nc(C2COc3ccccc3C2)no1. The molecule has 0 amide bonds. The number of hydrogen-bond donors (Lipinski definition) is 0. The maximum atomic E-state index is 11.6. The average Bonchev–Trinajstić information content (AvgIpc) is 2.96. The highest BCUT2D eigenvalue weighted by Gasteiger charge is 2.28. The molecule has 0 aliphatic carbocycles. The number of fused-ring (bicyclic) bond motifs is 1. The molecule has 1 aliphatic rings. The van der Waals surface area contributed by atoms with Gasteiger partial charge in [-0.2, -0.15) is 4.98 Å². The first kappa shape index (κ1) is 13.8. The first-order valence-corrected chi connectivity index (χ1v) is 7.23. The molecule has 21 heavy (non-hydrogen) atoms. The molecule has 0 spiro atoms. The third-order valence-corrected chi connectivity index (χ3v) is 3.90. The second kappa shape index (κ2) is 5.68. The highest BCUT2D eigenvalue weighted by Crippen LogP contribution is 2.31. The van der Waals surface area contributed by atoms with Gasteiger partial charge in [-0.05, 0) is 31.4 Å². The van der Waals surface area contributed by atoms with E-state index in [4.69, 9.17) is 9.26 Å². The van der Waals surface area contributed by atoms with Crippen LogP contribution in [0.2, 0.25) is 0 Å². The van der Waals surface area contributed by atoms with Crippen LogP contribution in [0.5, 0.6) is 5.75 Å². The highest BCUT2D eigenvalue weighted by molar-refractivity contribution is 5.82. The van der Waals surface area contributed by atoms with Crippen molar-refractivity contribution in [2.45, 2.75) is 38.5 Å². The average molecular weight is 286 g/mol. The number of Topliss-reactive ketones (excluding diaryl/α,β-unsaturated/α-hetero) is 1. The summed E-state index contributed by atoms with van der Waals surface area (Å²) in [6.07, 6.45) is 1.49. The van der Waals surface area contributed by atoms with E-state index < -0.39 is 0 Å². The van der Waals surface area contributed by atoms with Gasteiger partial charge in [0.2, 0.25) is 5.89 Å². The summed E-state index contributed by atoms with van der Waals surface area (Å²) < 4.78 is 11.0. The van der Waals surface area contributed by atoms with Crippen LogP contribution in [0.3, 0.4) is 0 Å². The van der Waals surface area contributed by atoms with Crippen LogP contribution < -0.4 is 4.74 Å². The van der Waals surface area contributed by atoms with Crippen molar-refractivity contribution in [1.29, 1.82) is 0 Å². The lowest BCUT2D eigenvalue weighted by molar-refractivity contribution is -0.119. The van der Waals surface area contributed by atoms with Crippen LogP contribution in [0.4, 0.5) is 0 Å². The first-order chi connectivity index (χ1) is 10.2. The molecule has 1 aromatic carbocycles. The maximum Gasteiger partial charge on any atom is 0.237 e. The molecule has 1 aliphatic heterocycles. The smallest absolute Gasteiger partial charge is 0.237 e. The van der Waals surface area contributed by atoms with Crippen LogP contribution in [-0.4, -0.2) is 22.5 Å². The summed E-state index contributed by atoms with van der Waals surface area (Å²) in [4.78, 5) is 16.0. The fourth-order valence-corrected chi connectivity index (χ4v) is 2.68. The Labute approximate surface area is 123 Å². The topological polar surface area (TPSA) is 65.2 Å². The fourth-order valence-electron chi connectivity index (χ4n) is 2.68. The minimum atomic E-state index is -0.303. The van der Waals surface area contributed by atoms with Gasteiger partial charge < -0.3 is 9.26 Å². The van der Waals surface area contributed by atoms with Crippen LogP contribution in [0, 0.1) is 0 Å². The summed E-state index contributed by atoms with van der Waals surface area (Å²) >= 11 is 0. The minimum Gasteiger partial charge on any atom is -0.493 e. The lowest BCUT2D eigenvalue weighted by atomic mass is 9.96. The Morgan fingerprint density at radius 3 is 3.00 bits per heavy atom. The highest BCUT2D eigenvalue weighted by atomic mass is 16.5. The van der Waals surface area contributed by atoms with E-state index >= 15 is 0 Å². The molecule has 5 nitrogen and oxygen atoms in total. The molecule has 110 valence electrons. The van der Waals surface area contributed by atoms with Gasteiger partial charge in [-0.3, -0.25) is 4.79 Å². The number of carbonyl (C=O) groups excluding carboxylic acids is 1. The Morgan fingerprint density at radius 2 is 2.24 bits per heavy atom. The van der Waals surface area contributed by atoms with Crippen molar-refractivity contribution in [2.75, 3.05) is 6.61 Å². The number of ketones is 1. The van der Waals surface area contributed by atoms with Crippen molar-refractivity contribution in [3.05, 3.63) is 41.5 Å². The summed E-state index contributed by atoms with van der Waals surface area (Å²) in [5, 5.41) is 4.05. The summed E-state index contributed by atoms with van der Waals surface area (Å²) in [7, 11) is 0. The van der Waals surface area contributed by atoms with Crippen LogP contribution in [0.15, 0.2) is 28.8 Å². The zero-order valence-corrected chi connectivity index (χ0v) is 12.2. The summed E-state index contributed by atoms with van der Waals surface area (Å²) in [5.41, 5.74) is 1.15. The van der Waals surface area contributed by atoms with Crippen LogP contribution in [0.25, 0.3) is 0 Å². The third kappa shape index (κ3) is 2.68. The fraction of sp³-hybridized carbons (Fsp3) is 0.438. The Bertz CT molecular complexity index is 650. The molecule has 2 aromatic rings. The van der Waals surface area contributed by atoms with E-state index in [-0.39, 0.29) is 17.6 Å². The number of hydrogen-bond acceptors (Lipinski definition) is 5. The van der Waals surface area contributed by atoms with E-state index in [0.717, 1.165) is 17.7 Å². The Hall–Kier alpha value is -2.17. The van der Waals surface area contributed by atoms with Gasteiger partial charge in [0.1, 0.15) is 11.5 Å². The molecule has 1 aromatic heterocycles. The van der Waals surface area contributed by atoms with Crippen molar-refractivity contribution in [2.24, 2.45) is 0 Å². The lowest BCUT2D eigenvalue weighted by Gasteiger charge is -2.22. The quantitative estimate of drug-likeness (QED) is 0.864. The largest absolute Gasteiger partial charge is 0.493 e. The molecule has 0 radical (unpaired) electrons. The number of aromatic nitrogens is 2. The van der Waals surface area contributed by atoms with Gasteiger partial charge in [-0.25, -0.2) is 0 Å². The Morgan fingerprint density at radius 1 is 1.43 bits per heavy atom. The number of para-hydroxylation sites is 1. The van der Waals surface area contributed by atoms with Gasteiger partial charge in [-0.15, -0.1) is 0 Å². The second-order valence-corrected chi connectivity index (χ2v) is 5.38. The number of rotatable bonds is 4. The van der Waals surface area contributed by atoms with Crippen LogP contribution in [0.1, 0.15) is 49.4 Å². The van der Waals surface area contributed by atoms with Crippen LogP contribution in [-0.2, 0) is 11.2 Å². The molecular weight excluding hydrogens is 268 g/mol. The summed E-state index contributed by atoms with van der Waals surface area (Å²) in [6.45, 7) is 4.03. The predicted octanol–water partition coefficient (Wildman–Crippen LogP) is 2.87. The number of ether oxygens (including phenoxy) is 1. The first-order valence-electron chi connectivity index (χ1n) is 7.23. The molecule has 2 unspecified atom stereocenters. The third-order valence-electron chi connectivity index (χ3n) is 3.90. The monoisotopic (exact) mass is 286 g/mol. The molecule has 5 heteroatoms.